The zero-order valence-electron chi connectivity index (χ0n) is 15.4. The van der Waals surface area contributed by atoms with Gasteiger partial charge in [-0.3, -0.25) is 0 Å². The Hall–Kier alpha value is -2.41. The lowest BCUT2D eigenvalue weighted by molar-refractivity contribution is -0.140. The van der Waals surface area contributed by atoms with Crippen LogP contribution in [-0.4, -0.2) is 32.8 Å². The van der Waals surface area contributed by atoms with Crippen LogP contribution in [0.25, 0.3) is 0 Å². The Kier molecular flexibility index (Phi) is 6.37. The van der Waals surface area contributed by atoms with E-state index in [0.717, 1.165) is 0 Å². The molecule has 0 saturated carbocycles. The summed E-state index contributed by atoms with van der Waals surface area (Å²) in [5.41, 5.74) is 1.32. The van der Waals surface area contributed by atoms with Gasteiger partial charge in [-0.15, -0.1) is 0 Å². The molecule has 1 atom stereocenters. The van der Waals surface area contributed by atoms with Crippen LogP contribution < -0.4 is 20.1 Å². The number of hydrogen-bond donors (Lipinski definition) is 2. The van der Waals surface area contributed by atoms with Crippen molar-refractivity contribution in [3.63, 3.8) is 0 Å². The van der Waals surface area contributed by atoms with E-state index in [9.17, 15) is 9.59 Å². The minimum atomic E-state index is -0.722. The van der Waals surface area contributed by atoms with Crippen molar-refractivity contribution in [3.05, 3.63) is 34.0 Å². The van der Waals surface area contributed by atoms with Gasteiger partial charge in [-0.2, -0.15) is 0 Å². The number of amides is 2. The third-order valence-corrected chi connectivity index (χ3v) is 4.11. The minimum absolute atomic E-state index is 0.194. The average molecular weight is 383 g/mol. The third-order valence-electron chi connectivity index (χ3n) is 3.83. The molecule has 7 nitrogen and oxygen atoms in total. The third kappa shape index (κ3) is 4.22. The molecule has 0 radical (unpaired) electrons. The average Bonchev–Trinajstić information content (AvgIpc) is 2.58. The maximum Gasteiger partial charge on any atom is 0.338 e. The summed E-state index contributed by atoms with van der Waals surface area (Å²) in [7, 11) is 2.96. The summed E-state index contributed by atoms with van der Waals surface area (Å²) < 4.78 is 15.9. The number of rotatable bonds is 6. The number of benzene rings is 1. The number of esters is 1. The summed E-state index contributed by atoms with van der Waals surface area (Å²) in [6.45, 7) is 5.82. The fraction of sp³-hybridized carbons (Fsp3) is 0.444. The predicted molar refractivity (Wildman–Crippen MR) is 97.5 cm³/mol. The molecule has 1 aliphatic rings. The molecule has 1 aromatic rings. The number of hydrogen-bond acceptors (Lipinski definition) is 5. The van der Waals surface area contributed by atoms with E-state index in [0.29, 0.717) is 33.4 Å². The van der Waals surface area contributed by atoms with Gasteiger partial charge in [0.05, 0.1) is 37.5 Å². The van der Waals surface area contributed by atoms with E-state index < -0.39 is 18.0 Å². The van der Waals surface area contributed by atoms with Gasteiger partial charge in [-0.1, -0.05) is 25.4 Å². The van der Waals surface area contributed by atoms with Crippen LogP contribution in [0.5, 0.6) is 11.5 Å². The largest absolute Gasteiger partial charge is 0.493 e. The monoisotopic (exact) mass is 382 g/mol. The first-order chi connectivity index (χ1) is 12.3. The molecule has 1 heterocycles. The van der Waals surface area contributed by atoms with Gasteiger partial charge in [0, 0.05) is 5.70 Å². The molecule has 0 aromatic heterocycles. The van der Waals surface area contributed by atoms with Crippen molar-refractivity contribution in [2.75, 3.05) is 20.8 Å². The molecule has 0 fully saturated rings. The number of halogens is 1. The number of allylic oxidation sites excluding steroid dienone is 1. The molecule has 2 N–H and O–H groups in total. The van der Waals surface area contributed by atoms with E-state index in [4.69, 9.17) is 25.8 Å². The normalized spacial score (nSPS) is 16.9. The highest BCUT2D eigenvalue weighted by Crippen LogP contribution is 2.39. The van der Waals surface area contributed by atoms with Crippen molar-refractivity contribution in [3.8, 4) is 11.5 Å². The second-order valence-electron chi connectivity index (χ2n) is 6.30. The van der Waals surface area contributed by atoms with Crippen molar-refractivity contribution in [2.45, 2.75) is 26.8 Å². The van der Waals surface area contributed by atoms with Crippen LogP contribution in [-0.2, 0) is 9.53 Å². The summed E-state index contributed by atoms with van der Waals surface area (Å²) >= 11 is 6.27. The Bertz CT molecular complexity index is 745. The van der Waals surface area contributed by atoms with Gasteiger partial charge in [-0.05, 0) is 30.5 Å². The summed E-state index contributed by atoms with van der Waals surface area (Å²) in [5, 5.41) is 5.64. The second kappa shape index (κ2) is 8.31. The van der Waals surface area contributed by atoms with Crippen LogP contribution in [0.3, 0.4) is 0 Å². The van der Waals surface area contributed by atoms with Gasteiger partial charge in [0.2, 0.25) is 0 Å². The molecule has 1 aromatic carbocycles. The summed E-state index contributed by atoms with van der Waals surface area (Å²) in [5.74, 6) is 0.470. The lowest BCUT2D eigenvalue weighted by Gasteiger charge is -2.29. The Morgan fingerprint density at radius 3 is 2.54 bits per heavy atom. The SMILES string of the molecule is COc1cc(C2NC(=O)NC(C)=C2C(=O)OCC(C)C)cc(Cl)c1OC. The molecule has 1 aliphatic heterocycles. The van der Waals surface area contributed by atoms with Gasteiger partial charge < -0.3 is 24.8 Å². The second-order valence-corrected chi connectivity index (χ2v) is 6.71. The first-order valence-electron chi connectivity index (χ1n) is 8.15. The number of urea groups is 1. The summed E-state index contributed by atoms with van der Waals surface area (Å²) in [4.78, 5) is 24.6. The van der Waals surface area contributed by atoms with Crippen LogP contribution >= 0.6 is 11.6 Å². The Labute approximate surface area is 157 Å². The quantitative estimate of drug-likeness (QED) is 0.738. The van der Waals surface area contributed by atoms with Gasteiger partial charge in [0.1, 0.15) is 0 Å². The minimum Gasteiger partial charge on any atom is -0.493 e. The molecule has 2 amide bonds. The van der Waals surface area contributed by atoms with Crippen molar-refractivity contribution >= 4 is 23.6 Å². The molecular formula is C18H23ClN2O5. The van der Waals surface area contributed by atoms with Crippen molar-refractivity contribution in [1.82, 2.24) is 10.6 Å². The zero-order chi connectivity index (χ0) is 19.4. The molecule has 8 heteroatoms. The number of carbonyl (C=O) groups excluding carboxylic acids is 2. The van der Waals surface area contributed by atoms with Crippen LogP contribution in [0.15, 0.2) is 23.4 Å². The van der Waals surface area contributed by atoms with Gasteiger partial charge in [0.25, 0.3) is 0 Å². The van der Waals surface area contributed by atoms with Crippen LogP contribution in [0.2, 0.25) is 5.02 Å². The summed E-state index contributed by atoms with van der Waals surface area (Å²) in [6, 6.07) is 2.16. The Morgan fingerprint density at radius 2 is 1.96 bits per heavy atom. The lowest BCUT2D eigenvalue weighted by Crippen LogP contribution is -2.45. The molecule has 142 valence electrons. The van der Waals surface area contributed by atoms with E-state index in [1.807, 2.05) is 13.8 Å². The van der Waals surface area contributed by atoms with Gasteiger partial charge >= 0.3 is 12.0 Å². The van der Waals surface area contributed by atoms with Crippen molar-refractivity contribution in [2.24, 2.45) is 5.92 Å². The highest BCUT2D eigenvalue weighted by Gasteiger charge is 2.33. The van der Waals surface area contributed by atoms with Crippen LogP contribution in [0.1, 0.15) is 32.4 Å². The fourth-order valence-corrected chi connectivity index (χ4v) is 2.94. The highest BCUT2D eigenvalue weighted by atomic mass is 35.5. The molecular weight excluding hydrogens is 360 g/mol. The lowest BCUT2D eigenvalue weighted by atomic mass is 9.95. The van der Waals surface area contributed by atoms with Crippen molar-refractivity contribution in [1.29, 1.82) is 0 Å². The molecule has 26 heavy (non-hydrogen) atoms. The Morgan fingerprint density at radius 1 is 1.27 bits per heavy atom. The maximum absolute atomic E-state index is 12.6. The summed E-state index contributed by atoms with van der Waals surface area (Å²) in [6.07, 6.45) is 0. The molecule has 0 bridgehead atoms. The van der Waals surface area contributed by atoms with E-state index in [1.165, 1.54) is 14.2 Å². The topological polar surface area (TPSA) is 85.9 Å². The van der Waals surface area contributed by atoms with E-state index in [-0.39, 0.29) is 12.5 Å². The number of methoxy groups -OCH3 is 2. The number of carbonyl (C=O) groups is 2. The van der Waals surface area contributed by atoms with Crippen LogP contribution in [0, 0.1) is 5.92 Å². The molecule has 0 spiro atoms. The Balaban J connectivity index is 2.47. The standard InChI is InChI=1S/C18H23ClN2O5/c1-9(2)8-26-17(22)14-10(3)20-18(23)21-15(14)11-6-12(19)16(25-5)13(7-11)24-4/h6-7,9,15H,8H2,1-5H3,(H2,20,21,23). The molecule has 2 rings (SSSR count). The first kappa shape index (κ1) is 19.9. The highest BCUT2D eigenvalue weighted by molar-refractivity contribution is 6.32. The van der Waals surface area contributed by atoms with Crippen molar-refractivity contribution < 1.29 is 23.8 Å². The van der Waals surface area contributed by atoms with Gasteiger partial charge in [0.15, 0.2) is 11.5 Å². The fourth-order valence-electron chi connectivity index (χ4n) is 2.64. The van der Waals surface area contributed by atoms with Gasteiger partial charge in [-0.25, -0.2) is 9.59 Å². The van der Waals surface area contributed by atoms with Crippen LogP contribution in [0.4, 0.5) is 4.79 Å². The number of nitrogens with one attached hydrogen (secondary N) is 2. The zero-order valence-corrected chi connectivity index (χ0v) is 16.2. The molecule has 1 unspecified atom stereocenters. The van der Waals surface area contributed by atoms with E-state index in [2.05, 4.69) is 10.6 Å². The molecule has 0 saturated heterocycles. The first-order valence-corrected chi connectivity index (χ1v) is 8.53. The molecule has 0 aliphatic carbocycles. The van der Waals surface area contributed by atoms with E-state index in [1.54, 1.807) is 19.1 Å². The maximum atomic E-state index is 12.6. The predicted octanol–water partition coefficient (Wildman–Crippen LogP) is 3.18. The van der Waals surface area contributed by atoms with E-state index >= 15 is 0 Å². The number of ether oxygens (including phenoxy) is 3. The smallest absolute Gasteiger partial charge is 0.338 e.